The molecule has 3 aliphatic heterocycles. The molecule has 6 rings (SSSR count). The van der Waals surface area contributed by atoms with Gasteiger partial charge in [0.05, 0.1) is 5.39 Å². The van der Waals surface area contributed by atoms with Gasteiger partial charge in [0.2, 0.25) is 11.9 Å². The van der Waals surface area contributed by atoms with Crippen molar-refractivity contribution in [3.8, 4) is 11.1 Å². The van der Waals surface area contributed by atoms with Gasteiger partial charge in [0.15, 0.2) is 0 Å². The fourth-order valence-corrected chi connectivity index (χ4v) is 7.92. The smallest absolute Gasteiger partial charge is 0.228 e. The Morgan fingerprint density at radius 1 is 0.927 bits per heavy atom. The molecule has 3 saturated heterocycles. The van der Waals surface area contributed by atoms with E-state index in [1.54, 1.807) is 18.3 Å². The number of amides is 1. The molecule has 1 unspecified atom stereocenters. The van der Waals surface area contributed by atoms with E-state index in [4.69, 9.17) is 9.97 Å². The molecule has 0 spiro atoms. The second-order valence-electron chi connectivity index (χ2n) is 12.5. The number of thiophene rings is 1. The number of aromatic nitrogens is 2. The van der Waals surface area contributed by atoms with E-state index in [1.807, 2.05) is 11.9 Å². The Morgan fingerprint density at radius 2 is 1.61 bits per heavy atom. The normalized spacial score (nSPS) is 21.3. The predicted molar refractivity (Wildman–Crippen MR) is 170 cm³/mol. The Labute approximate surface area is 248 Å². The molecule has 0 aliphatic carbocycles. The molecule has 0 radical (unpaired) electrons. The largest absolute Gasteiger partial charge is 0.356 e. The van der Waals surface area contributed by atoms with Crippen molar-refractivity contribution in [1.29, 1.82) is 0 Å². The molecule has 3 aliphatic rings. The summed E-state index contributed by atoms with van der Waals surface area (Å²) in [5.74, 6) is 2.80. The number of likely N-dealkylation sites (N-methyl/N-ethyl adjacent to an activating group) is 2. The van der Waals surface area contributed by atoms with Crippen molar-refractivity contribution in [2.24, 2.45) is 5.92 Å². The average molecular weight is 576 g/mol. The Balaban J connectivity index is 1.23. The molecule has 8 nitrogen and oxygen atoms in total. The second kappa shape index (κ2) is 12.2. The van der Waals surface area contributed by atoms with Gasteiger partial charge in [-0.05, 0) is 64.2 Å². The fraction of sp³-hybridized carbons (Fsp3) is 0.594. The minimum Gasteiger partial charge on any atom is -0.356 e. The van der Waals surface area contributed by atoms with Gasteiger partial charge in [-0.25, -0.2) is 4.98 Å². The minimum atomic E-state index is 0.139. The summed E-state index contributed by atoms with van der Waals surface area (Å²) < 4.78 is 0. The monoisotopic (exact) mass is 575 g/mol. The number of hydrogen-bond acceptors (Lipinski definition) is 8. The average Bonchev–Trinajstić information content (AvgIpc) is 3.64. The van der Waals surface area contributed by atoms with Gasteiger partial charge in [0.1, 0.15) is 10.6 Å². The molecule has 3 fully saturated rings. The quantitative estimate of drug-likeness (QED) is 0.406. The van der Waals surface area contributed by atoms with Gasteiger partial charge < -0.3 is 24.5 Å². The number of fused-ring (bicyclic) bond motifs is 1. The Bertz CT molecular complexity index is 1330. The van der Waals surface area contributed by atoms with Crippen LogP contribution in [0.4, 0.5) is 11.8 Å². The van der Waals surface area contributed by atoms with Crippen LogP contribution in [0.5, 0.6) is 0 Å². The third kappa shape index (κ3) is 6.08. The number of nitrogens with zero attached hydrogens (tertiary/aromatic N) is 7. The molecule has 9 heteroatoms. The van der Waals surface area contributed by atoms with Crippen molar-refractivity contribution in [2.45, 2.75) is 51.1 Å². The summed E-state index contributed by atoms with van der Waals surface area (Å²) in [5, 5.41) is 3.46. The van der Waals surface area contributed by atoms with E-state index >= 15 is 0 Å². The molecule has 220 valence electrons. The Kier molecular flexibility index (Phi) is 8.47. The molecule has 1 amide bonds. The number of anilines is 2. The third-order valence-corrected chi connectivity index (χ3v) is 10.6. The van der Waals surface area contributed by atoms with Gasteiger partial charge >= 0.3 is 0 Å². The standard InChI is InChI=1S/C32H45N7OS/c1-23(40)37(4)26-13-18-39(19-14-26)32-33-30(29-28(22-41-31(29)34-32)25-8-6-5-7-9-25)38-16-10-24(11-17-38)20-36(3)27-12-15-35(2)21-27/h5-9,22,24,26-27H,10-21H2,1-4H3. The molecule has 1 aromatic carbocycles. The van der Waals surface area contributed by atoms with Crippen LogP contribution >= 0.6 is 11.3 Å². The number of carbonyl (C=O) groups excluding carboxylic acids is 1. The third-order valence-electron chi connectivity index (χ3n) is 9.73. The molecule has 3 aromatic rings. The number of piperidine rings is 2. The van der Waals surface area contributed by atoms with Crippen molar-refractivity contribution in [3.05, 3.63) is 35.7 Å². The summed E-state index contributed by atoms with van der Waals surface area (Å²) in [6.07, 6.45) is 5.57. The van der Waals surface area contributed by atoms with E-state index in [-0.39, 0.29) is 5.91 Å². The molecule has 0 N–H and O–H groups in total. The fourth-order valence-electron chi connectivity index (χ4n) is 6.98. The van der Waals surface area contributed by atoms with E-state index in [0.29, 0.717) is 12.1 Å². The highest BCUT2D eigenvalue weighted by Crippen LogP contribution is 2.40. The molecule has 2 aromatic heterocycles. The lowest BCUT2D eigenvalue weighted by atomic mass is 9.95. The highest BCUT2D eigenvalue weighted by molar-refractivity contribution is 7.17. The highest BCUT2D eigenvalue weighted by atomic mass is 32.1. The first kappa shape index (κ1) is 28.4. The predicted octanol–water partition coefficient (Wildman–Crippen LogP) is 4.66. The van der Waals surface area contributed by atoms with Gasteiger partial charge in [-0.2, -0.15) is 4.98 Å². The molecule has 5 heterocycles. The van der Waals surface area contributed by atoms with E-state index in [1.165, 1.54) is 55.4 Å². The van der Waals surface area contributed by atoms with Crippen LogP contribution < -0.4 is 9.80 Å². The van der Waals surface area contributed by atoms with Crippen molar-refractivity contribution in [1.82, 2.24) is 24.7 Å². The van der Waals surface area contributed by atoms with Crippen molar-refractivity contribution in [3.63, 3.8) is 0 Å². The number of carbonyl (C=O) groups is 1. The van der Waals surface area contributed by atoms with Crippen LogP contribution in [0.1, 0.15) is 39.0 Å². The summed E-state index contributed by atoms with van der Waals surface area (Å²) in [6, 6.07) is 11.7. The van der Waals surface area contributed by atoms with Crippen LogP contribution in [0.25, 0.3) is 21.3 Å². The lowest BCUT2D eigenvalue weighted by Gasteiger charge is -2.38. The Hall–Kier alpha value is -2.75. The van der Waals surface area contributed by atoms with E-state index in [0.717, 1.165) is 61.5 Å². The van der Waals surface area contributed by atoms with Gasteiger partial charge in [0, 0.05) is 76.3 Å². The molecular weight excluding hydrogens is 530 g/mol. The lowest BCUT2D eigenvalue weighted by Crippen LogP contribution is -2.45. The van der Waals surface area contributed by atoms with Gasteiger partial charge in [-0.1, -0.05) is 30.3 Å². The van der Waals surface area contributed by atoms with E-state index in [2.05, 4.69) is 69.4 Å². The SMILES string of the molecule is CC(=O)N(C)C1CCN(c2nc(N3CCC(CN(C)C4CCN(C)C4)CC3)c3c(-c4ccccc4)csc3n2)CC1. The van der Waals surface area contributed by atoms with Gasteiger partial charge in [0.25, 0.3) is 0 Å². The number of rotatable bonds is 7. The first-order chi connectivity index (χ1) is 19.9. The van der Waals surface area contributed by atoms with E-state index in [9.17, 15) is 4.79 Å². The van der Waals surface area contributed by atoms with Crippen LogP contribution in [0.15, 0.2) is 35.7 Å². The maximum atomic E-state index is 11.9. The minimum absolute atomic E-state index is 0.139. The summed E-state index contributed by atoms with van der Waals surface area (Å²) in [6.45, 7) is 9.06. The molecular formula is C32H45N7OS. The topological polar surface area (TPSA) is 59.1 Å². The molecule has 1 atom stereocenters. The summed E-state index contributed by atoms with van der Waals surface area (Å²) in [4.78, 5) is 35.3. The summed E-state index contributed by atoms with van der Waals surface area (Å²) in [7, 11) is 6.49. The summed E-state index contributed by atoms with van der Waals surface area (Å²) in [5.41, 5.74) is 2.46. The zero-order valence-corrected chi connectivity index (χ0v) is 25.9. The van der Waals surface area contributed by atoms with Gasteiger partial charge in [-0.3, -0.25) is 4.79 Å². The zero-order valence-electron chi connectivity index (χ0n) is 25.1. The number of benzene rings is 1. The van der Waals surface area contributed by atoms with Crippen LogP contribution in [-0.4, -0.2) is 110 Å². The number of hydrogen-bond donors (Lipinski definition) is 0. The Morgan fingerprint density at radius 3 is 2.27 bits per heavy atom. The van der Waals surface area contributed by atoms with Crippen LogP contribution in [0.3, 0.4) is 0 Å². The highest BCUT2D eigenvalue weighted by Gasteiger charge is 2.30. The maximum Gasteiger partial charge on any atom is 0.228 e. The second-order valence-corrected chi connectivity index (χ2v) is 13.3. The first-order valence-corrected chi connectivity index (χ1v) is 16.2. The van der Waals surface area contributed by atoms with Crippen LogP contribution in [0.2, 0.25) is 0 Å². The van der Waals surface area contributed by atoms with Gasteiger partial charge in [-0.15, -0.1) is 11.3 Å². The maximum absolute atomic E-state index is 11.9. The molecule has 0 bridgehead atoms. The van der Waals surface area contributed by atoms with Crippen molar-refractivity contribution in [2.75, 3.05) is 76.8 Å². The summed E-state index contributed by atoms with van der Waals surface area (Å²) >= 11 is 1.73. The zero-order chi connectivity index (χ0) is 28.5. The van der Waals surface area contributed by atoms with Crippen molar-refractivity contribution < 1.29 is 4.79 Å². The number of likely N-dealkylation sites (tertiary alicyclic amines) is 1. The van der Waals surface area contributed by atoms with Crippen molar-refractivity contribution >= 4 is 39.2 Å². The van der Waals surface area contributed by atoms with E-state index < -0.39 is 0 Å². The first-order valence-electron chi connectivity index (χ1n) is 15.3. The molecule has 0 saturated carbocycles. The molecule has 41 heavy (non-hydrogen) atoms. The van der Waals surface area contributed by atoms with Crippen LogP contribution in [-0.2, 0) is 4.79 Å². The lowest BCUT2D eigenvalue weighted by molar-refractivity contribution is -0.129. The van der Waals surface area contributed by atoms with Crippen LogP contribution in [0, 0.1) is 5.92 Å².